The molecule has 0 bridgehead atoms. The summed E-state index contributed by atoms with van der Waals surface area (Å²) in [5, 5.41) is 3.51. The maximum absolute atomic E-state index is 5.71. The summed E-state index contributed by atoms with van der Waals surface area (Å²) in [6.07, 6.45) is 6.23. The molecule has 1 aliphatic rings. The quantitative estimate of drug-likeness (QED) is 0.832. The third-order valence-electron chi connectivity index (χ3n) is 3.29. The number of hydrogen-bond donors (Lipinski definition) is 2. The van der Waals surface area contributed by atoms with Gasteiger partial charge in [-0.3, -0.25) is 0 Å². The Hall–Kier alpha value is -0.350. The molecule has 0 spiro atoms. The first-order chi connectivity index (χ1) is 7.65. The smallest absolute Gasteiger partial charge is 0.0486 e. The monoisotopic (exact) mass is 300 g/mol. The zero-order chi connectivity index (χ0) is 11.6. The van der Waals surface area contributed by atoms with Crippen LogP contribution < -0.4 is 11.1 Å². The summed E-state index contributed by atoms with van der Waals surface area (Å²) in [5.74, 6) is 0. The minimum absolute atomic E-state index is 0.459. The maximum Gasteiger partial charge on any atom is 0.0486 e. The van der Waals surface area contributed by atoms with Gasteiger partial charge in [0.15, 0.2) is 0 Å². The Kier molecular flexibility index (Phi) is 3.70. The molecule has 1 aromatic carbocycles. The lowest BCUT2D eigenvalue weighted by Gasteiger charge is -2.40. The first kappa shape index (κ1) is 12.1. The van der Waals surface area contributed by atoms with E-state index in [-0.39, 0.29) is 0 Å². The lowest BCUT2D eigenvalue weighted by Crippen LogP contribution is -2.40. The van der Waals surface area contributed by atoms with Crippen LogP contribution in [-0.4, -0.2) is 17.5 Å². The lowest BCUT2D eigenvalue weighted by molar-refractivity contribution is 0.380. The van der Waals surface area contributed by atoms with E-state index < -0.39 is 0 Å². The van der Waals surface area contributed by atoms with E-state index >= 15 is 0 Å². The van der Waals surface area contributed by atoms with Crippen molar-refractivity contribution in [1.29, 1.82) is 0 Å². The van der Waals surface area contributed by atoms with Crippen LogP contribution in [0.25, 0.3) is 0 Å². The lowest BCUT2D eigenvalue weighted by atomic mass is 9.84. The van der Waals surface area contributed by atoms with Gasteiger partial charge in [-0.1, -0.05) is 6.42 Å². The van der Waals surface area contributed by atoms with Gasteiger partial charge in [0.05, 0.1) is 0 Å². The summed E-state index contributed by atoms with van der Waals surface area (Å²) in [7, 11) is 0. The number of nitrogens with two attached hydrogens (primary N) is 1. The molecule has 0 saturated heterocycles. The van der Waals surface area contributed by atoms with Crippen molar-refractivity contribution in [2.45, 2.75) is 24.0 Å². The Bertz CT molecular complexity index is 372. The molecule has 0 unspecified atom stereocenters. The molecular formula is C12H17BrN2S. The average molecular weight is 301 g/mol. The van der Waals surface area contributed by atoms with Gasteiger partial charge >= 0.3 is 0 Å². The van der Waals surface area contributed by atoms with Crippen molar-refractivity contribution < 1.29 is 0 Å². The number of rotatable bonds is 4. The van der Waals surface area contributed by atoms with Crippen molar-refractivity contribution in [1.82, 2.24) is 0 Å². The van der Waals surface area contributed by atoms with Crippen molar-refractivity contribution in [3.63, 3.8) is 0 Å². The minimum atomic E-state index is 0.459. The van der Waals surface area contributed by atoms with E-state index in [0.29, 0.717) is 4.75 Å². The largest absolute Gasteiger partial charge is 0.399 e. The van der Waals surface area contributed by atoms with Crippen molar-refractivity contribution in [2.75, 3.05) is 23.9 Å². The molecule has 1 saturated carbocycles. The van der Waals surface area contributed by atoms with E-state index in [2.05, 4.69) is 27.5 Å². The summed E-state index contributed by atoms with van der Waals surface area (Å²) in [4.78, 5) is 0. The van der Waals surface area contributed by atoms with Crippen LogP contribution in [0.15, 0.2) is 22.7 Å². The third-order valence-corrected chi connectivity index (χ3v) is 5.37. The van der Waals surface area contributed by atoms with E-state index in [9.17, 15) is 0 Å². The summed E-state index contributed by atoms with van der Waals surface area (Å²) >= 11 is 5.51. The third kappa shape index (κ3) is 2.48. The molecule has 0 aromatic heterocycles. The molecule has 2 nitrogen and oxygen atoms in total. The molecule has 0 atom stereocenters. The number of benzene rings is 1. The SMILES string of the molecule is CSC1(CNc2ccc(N)cc2Br)CCC1. The van der Waals surface area contributed by atoms with Crippen molar-refractivity contribution in [3.05, 3.63) is 22.7 Å². The number of anilines is 2. The van der Waals surface area contributed by atoms with E-state index in [4.69, 9.17) is 5.73 Å². The number of halogens is 1. The second-order valence-corrected chi connectivity index (χ2v) is 6.46. The zero-order valence-corrected chi connectivity index (χ0v) is 11.8. The Balaban J connectivity index is 1.99. The molecule has 2 rings (SSSR count). The van der Waals surface area contributed by atoms with Crippen LogP contribution in [-0.2, 0) is 0 Å². The van der Waals surface area contributed by atoms with Crippen LogP contribution >= 0.6 is 27.7 Å². The van der Waals surface area contributed by atoms with Crippen LogP contribution in [0.5, 0.6) is 0 Å². The first-order valence-electron chi connectivity index (χ1n) is 5.49. The highest BCUT2D eigenvalue weighted by molar-refractivity contribution is 9.10. The van der Waals surface area contributed by atoms with Gasteiger partial charge in [-0.2, -0.15) is 11.8 Å². The van der Waals surface area contributed by atoms with Gasteiger partial charge in [0, 0.05) is 27.1 Å². The van der Waals surface area contributed by atoms with Gasteiger partial charge in [0.1, 0.15) is 0 Å². The molecular weight excluding hydrogens is 284 g/mol. The number of hydrogen-bond acceptors (Lipinski definition) is 3. The van der Waals surface area contributed by atoms with E-state index in [1.807, 2.05) is 30.0 Å². The second-order valence-electron chi connectivity index (χ2n) is 4.33. The molecule has 0 amide bonds. The average Bonchev–Trinajstić information content (AvgIpc) is 2.19. The molecule has 0 heterocycles. The van der Waals surface area contributed by atoms with Crippen LogP contribution in [0.3, 0.4) is 0 Å². The number of nitrogens with one attached hydrogen (secondary N) is 1. The highest BCUT2D eigenvalue weighted by atomic mass is 79.9. The fourth-order valence-electron chi connectivity index (χ4n) is 1.96. The predicted molar refractivity (Wildman–Crippen MR) is 77.1 cm³/mol. The Morgan fingerprint density at radius 1 is 1.50 bits per heavy atom. The highest BCUT2D eigenvalue weighted by Crippen LogP contribution is 2.43. The fraction of sp³-hybridized carbons (Fsp3) is 0.500. The normalized spacial score (nSPS) is 17.9. The second kappa shape index (κ2) is 4.88. The molecule has 3 N–H and O–H groups in total. The standard InChI is InChI=1S/C12H17BrN2S/c1-16-12(5-2-6-12)8-15-11-4-3-9(14)7-10(11)13/h3-4,7,15H,2,5-6,8,14H2,1H3. The van der Waals surface area contributed by atoms with E-state index in [1.54, 1.807) is 0 Å². The van der Waals surface area contributed by atoms with Crippen LogP contribution in [0, 0.1) is 0 Å². The van der Waals surface area contributed by atoms with Gasteiger partial charge < -0.3 is 11.1 Å². The number of nitrogen functional groups attached to an aromatic ring is 1. The zero-order valence-electron chi connectivity index (χ0n) is 9.42. The maximum atomic E-state index is 5.71. The minimum Gasteiger partial charge on any atom is -0.399 e. The van der Waals surface area contributed by atoms with Gasteiger partial charge in [-0.15, -0.1) is 0 Å². The predicted octanol–water partition coefficient (Wildman–Crippen LogP) is 3.73. The Labute approximate surface area is 109 Å². The summed E-state index contributed by atoms with van der Waals surface area (Å²) in [6.45, 7) is 1.04. The van der Waals surface area contributed by atoms with Crippen LogP contribution in [0.1, 0.15) is 19.3 Å². The molecule has 0 radical (unpaired) electrons. The van der Waals surface area contributed by atoms with Gasteiger partial charge in [-0.25, -0.2) is 0 Å². The molecule has 1 fully saturated rings. The molecule has 4 heteroatoms. The first-order valence-corrected chi connectivity index (χ1v) is 7.51. The molecule has 1 aromatic rings. The molecule has 1 aliphatic carbocycles. The van der Waals surface area contributed by atoms with Crippen LogP contribution in [0.4, 0.5) is 11.4 Å². The Morgan fingerprint density at radius 2 is 2.25 bits per heavy atom. The van der Waals surface area contributed by atoms with Gasteiger partial charge in [0.2, 0.25) is 0 Å². The number of thioether (sulfide) groups is 1. The van der Waals surface area contributed by atoms with Crippen molar-refractivity contribution in [3.8, 4) is 0 Å². The topological polar surface area (TPSA) is 38.0 Å². The van der Waals surface area contributed by atoms with Gasteiger partial charge in [0.25, 0.3) is 0 Å². The van der Waals surface area contributed by atoms with Crippen molar-refractivity contribution >= 4 is 39.1 Å². The van der Waals surface area contributed by atoms with E-state index in [1.165, 1.54) is 19.3 Å². The Morgan fingerprint density at radius 3 is 2.75 bits per heavy atom. The van der Waals surface area contributed by atoms with Crippen LogP contribution in [0.2, 0.25) is 0 Å². The fourth-order valence-corrected chi connectivity index (χ4v) is 3.41. The highest BCUT2D eigenvalue weighted by Gasteiger charge is 2.35. The molecule has 88 valence electrons. The summed E-state index contributed by atoms with van der Waals surface area (Å²) < 4.78 is 1.50. The summed E-state index contributed by atoms with van der Waals surface area (Å²) in [6, 6.07) is 5.90. The molecule has 16 heavy (non-hydrogen) atoms. The van der Waals surface area contributed by atoms with Crippen molar-refractivity contribution in [2.24, 2.45) is 0 Å². The van der Waals surface area contributed by atoms with Gasteiger partial charge in [-0.05, 0) is 53.2 Å². The summed E-state index contributed by atoms with van der Waals surface area (Å²) in [5.41, 5.74) is 7.64. The molecule has 0 aliphatic heterocycles. The van der Waals surface area contributed by atoms with E-state index in [0.717, 1.165) is 22.4 Å².